The van der Waals surface area contributed by atoms with Crippen molar-refractivity contribution in [3.8, 4) is 11.5 Å². The van der Waals surface area contributed by atoms with Crippen LogP contribution in [0, 0.1) is 0 Å². The molecule has 0 spiro atoms. The standard InChI is InChI=1S/C16H21N3O3S/c1-5-12-15(23-19-18-12)16(20)17-10(3)11-7-8-13(22-6-2)14(9-11)21-4/h7-10H,5-6H2,1-4H3,(H,17,20). The quantitative estimate of drug-likeness (QED) is 0.842. The zero-order valence-electron chi connectivity index (χ0n) is 13.8. The van der Waals surface area contributed by atoms with Crippen LogP contribution < -0.4 is 14.8 Å². The van der Waals surface area contributed by atoms with Crippen molar-refractivity contribution in [1.82, 2.24) is 14.9 Å². The van der Waals surface area contributed by atoms with Crippen LogP contribution in [0.15, 0.2) is 18.2 Å². The van der Waals surface area contributed by atoms with Crippen molar-refractivity contribution in [1.29, 1.82) is 0 Å². The van der Waals surface area contributed by atoms with E-state index in [0.29, 0.717) is 29.4 Å². The van der Waals surface area contributed by atoms with E-state index in [0.717, 1.165) is 22.8 Å². The first-order valence-corrected chi connectivity index (χ1v) is 8.30. The SMILES string of the molecule is CCOc1ccc(C(C)NC(=O)c2snnc2CC)cc1OC. The van der Waals surface area contributed by atoms with Crippen molar-refractivity contribution in [2.75, 3.05) is 13.7 Å². The number of nitrogens with zero attached hydrogens (tertiary/aromatic N) is 2. The average Bonchev–Trinajstić information content (AvgIpc) is 3.04. The van der Waals surface area contributed by atoms with Crippen LogP contribution in [-0.2, 0) is 6.42 Å². The van der Waals surface area contributed by atoms with Gasteiger partial charge < -0.3 is 14.8 Å². The van der Waals surface area contributed by atoms with E-state index in [1.165, 1.54) is 0 Å². The number of aryl methyl sites for hydroxylation is 1. The Morgan fingerprint density at radius 3 is 2.78 bits per heavy atom. The third-order valence-electron chi connectivity index (χ3n) is 3.43. The molecule has 0 aliphatic carbocycles. The lowest BCUT2D eigenvalue weighted by molar-refractivity contribution is 0.0943. The van der Waals surface area contributed by atoms with Gasteiger partial charge in [-0.05, 0) is 49.5 Å². The monoisotopic (exact) mass is 335 g/mol. The molecule has 0 bridgehead atoms. The summed E-state index contributed by atoms with van der Waals surface area (Å²) in [6.07, 6.45) is 0.685. The number of methoxy groups -OCH3 is 1. The summed E-state index contributed by atoms with van der Waals surface area (Å²) >= 11 is 1.12. The van der Waals surface area contributed by atoms with E-state index in [2.05, 4.69) is 14.9 Å². The zero-order chi connectivity index (χ0) is 16.8. The lowest BCUT2D eigenvalue weighted by Gasteiger charge is -2.16. The minimum absolute atomic E-state index is 0.155. The lowest BCUT2D eigenvalue weighted by Crippen LogP contribution is -2.26. The number of rotatable bonds is 7. The molecule has 0 fully saturated rings. The highest BCUT2D eigenvalue weighted by molar-refractivity contribution is 7.08. The first kappa shape index (κ1) is 17.2. The third kappa shape index (κ3) is 3.98. The number of hydrogen-bond acceptors (Lipinski definition) is 6. The molecule has 1 heterocycles. The van der Waals surface area contributed by atoms with Crippen molar-refractivity contribution in [2.45, 2.75) is 33.2 Å². The lowest BCUT2D eigenvalue weighted by atomic mass is 10.1. The van der Waals surface area contributed by atoms with Crippen LogP contribution in [-0.4, -0.2) is 29.2 Å². The highest BCUT2D eigenvalue weighted by Crippen LogP contribution is 2.30. The van der Waals surface area contributed by atoms with Crippen LogP contribution in [0.25, 0.3) is 0 Å². The number of amides is 1. The van der Waals surface area contributed by atoms with Crippen LogP contribution >= 0.6 is 11.5 Å². The maximum atomic E-state index is 12.4. The molecule has 0 saturated carbocycles. The molecular weight excluding hydrogens is 314 g/mol. The normalized spacial score (nSPS) is 11.8. The maximum Gasteiger partial charge on any atom is 0.265 e. The Labute approximate surface area is 140 Å². The number of carbonyl (C=O) groups excluding carboxylic acids is 1. The van der Waals surface area contributed by atoms with Gasteiger partial charge in [0.15, 0.2) is 11.5 Å². The molecule has 7 heteroatoms. The molecule has 0 aliphatic heterocycles. The summed E-state index contributed by atoms with van der Waals surface area (Å²) < 4.78 is 14.7. The molecule has 0 aliphatic rings. The van der Waals surface area contributed by atoms with Crippen LogP contribution in [0.5, 0.6) is 11.5 Å². The van der Waals surface area contributed by atoms with Gasteiger partial charge in [-0.1, -0.05) is 17.5 Å². The zero-order valence-corrected chi connectivity index (χ0v) is 14.6. The predicted octanol–water partition coefficient (Wildman–Crippen LogP) is 3.00. The molecule has 1 aromatic heterocycles. The molecule has 2 rings (SSSR count). The molecule has 2 aromatic rings. The Balaban J connectivity index is 2.14. The molecule has 1 unspecified atom stereocenters. The molecular formula is C16H21N3O3S. The van der Waals surface area contributed by atoms with Gasteiger partial charge in [-0.2, -0.15) is 0 Å². The average molecular weight is 335 g/mol. The Hall–Kier alpha value is -2.15. The van der Waals surface area contributed by atoms with Crippen LogP contribution in [0.4, 0.5) is 0 Å². The topological polar surface area (TPSA) is 73.3 Å². The Morgan fingerprint density at radius 1 is 1.35 bits per heavy atom. The summed E-state index contributed by atoms with van der Waals surface area (Å²) in [5, 5.41) is 6.94. The van der Waals surface area contributed by atoms with Crippen molar-refractivity contribution in [2.24, 2.45) is 0 Å². The van der Waals surface area contributed by atoms with Crippen LogP contribution in [0.1, 0.15) is 47.7 Å². The first-order chi connectivity index (χ1) is 11.1. The van der Waals surface area contributed by atoms with Gasteiger partial charge >= 0.3 is 0 Å². The first-order valence-electron chi connectivity index (χ1n) is 7.53. The van der Waals surface area contributed by atoms with E-state index in [-0.39, 0.29) is 11.9 Å². The summed E-state index contributed by atoms with van der Waals surface area (Å²) in [6.45, 7) is 6.37. The molecule has 1 N–H and O–H groups in total. The van der Waals surface area contributed by atoms with Crippen LogP contribution in [0.2, 0.25) is 0 Å². The summed E-state index contributed by atoms with van der Waals surface area (Å²) in [4.78, 5) is 12.9. The highest BCUT2D eigenvalue weighted by atomic mass is 32.1. The molecule has 1 aromatic carbocycles. The Bertz CT molecular complexity index is 672. The van der Waals surface area contributed by atoms with Gasteiger partial charge in [-0.25, -0.2) is 0 Å². The number of ether oxygens (including phenoxy) is 2. The molecule has 6 nitrogen and oxygen atoms in total. The smallest absolute Gasteiger partial charge is 0.265 e. The van der Waals surface area contributed by atoms with E-state index in [1.807, 2.05) is 39.0 Å². The van der Waals surface area contributed by atoms with Crippen molar-refractivity contribution in [3.63, 3.8) is 0 Å². The highest BCUT2D eigenvalue weighted by Gasteiger charge is 2.18. The summed E-state index contributed by atoms with van der Waals surface area (Å²) in [7, 11) is 1.60. The third-order valence-corrected chi connectivity index (χ3v) is 4.20. The summed E-state index contributed by atoms with van der Waals surface area (Å²) in [5.74, 6) is 1.19. The number of nitrogens with one attached hydrogen (secondary N) is 1. The molecule has 0 saturated heterocycles. The maximum absolute atomic E-state index is 12.4. The van der Waals surface area contributed by atoms with Crippen LogP contribution in [0.3, 0.4) is 0 Å². The fraction of sp³-hybridized carbons (Fsp3) is 0.438. The van der Waals surface area contributed by atoms with Gasteiger partial charge in [0.1, 0.15) is 4.88 Å². The largest absolute Gasteiger partial charge is 0.493 e. The van der Waals surface area contributed by atoms with E-state index >= 15 is 0 Å². The second kappa shape index (κ2) is 7.92. The molecule has 1 amide bonds. The van der Waals surface area contributed by atoms with Crippen molar-refractivity contribution in [3.05, 3.63) is 34.3 Å². The minimum atomic E-state index is -0.168. The Kier molecular flexibility index (Phi) is 5.92. The van der Waals surface area contributed by atoms with Gasteiger partial charge in [0.25, 0.3) is 5.91 Å². The molecule has 23 heavy (non-hydrogen) atoms. The molecule has 1 atom stereocenters. The van der Waals surface area contributed by atoms with E-state index in [1.54, 1.807) is 7.11 Å². The van der Waals surface area contributed by atoms with Gasteiger partial charge in [0, 0.05) is 0 Å². The summed E-state index contributed by atoms with van der Waals surface area (Å²) in [6, 6.07) is 5.48. The van der Waals surface area contributed by atoms with E-state index in [9.17, 15) is 4.79 Å². The van der Waals surface area contributed by atoms with Crippen molar-refractivity contribution >= 4 is 17.4 Å². The predicted molar refractivity (Wildman–Crippen MR) is 89.3 cm³/mol. The minimum Gasteiger partial charge on any atom is -0.493 e. The Morgan fingerprint density at radius 2 is 2.13 bits per heavy atom. The van der Waals surface area contributed by atoms with Gasteiger partial charge in [-0.15, -0.1) is 5.10 Å². The number of aromatic nitrogens is 2. The second-order valence-corrected chi connectivity index (χ2v) is 5.69. The number of carbonyl (C=O) groups is 1. The molecule has 124 valence electrons. The summed E-state index contributed by atoms with van der Waals surface area (Å²) in [5.41, 5.74) is 1.66. The second-order valence-electron chi connectivity index (χ2n) is 4.94. The number of hydrogen-bond donors (Lipinski definition) is 1. The fourth-order valence-corrected chi connectivity index (χ4v) is 2.84. The van der Waals surface area contributed by atoms with Gasteiger partial charge in [-0.3, -0.25) is 4.79 Å². The van der Waals surface area contributed by atoms with Crippen molar-refractivity contribution < 1.29 is 14.3 Å². The van der Waals surface area contributed by atoms with Gasteiger partial charge in [0.2, 0.25) is 0 Å². The number of benzene rings is 1. The fourth-order valence-electron chi connectivity index (χ4n) is 2.19. The van der Waals surface area contributed by atoms with E-state index < -0.39 is 0 Å². The molecule has 0 radical (unpaired) electrons. The van der Waals surface area contributed by atoms with E-state index in [4.69, 9.17) is 9.47 Å². The van der Waals surface area contributed by atoms with Gasteiger partial charge in [0.05, 0.1) is 25.5 Å².